The summed E-state index contributed by atoms with van der Waals surface area (Å²) in [6.45, 7) is 2.11. The van der Waals surface area contributed by atoms with Gasteiger partial charge in [-0.05, 0) is 30.7 Å². The molecule has 25 heavy (non-hydrogen) atoms. The van der Waals surface area contributed by atoms with Crippen LogP contribution in [0.4, 0.5) is 11.5 Å². The van der Waals surface area contributed by atoms with Crippen LogP contribution in [0.5, 0.6) is 0 Å². The highest BCUT2D eigenvalue weighted by Crippen LogP contribution is 2.33. The SMILES string of the molecule is Cc1ccccc1N(C)c1nc2ccccc2nc1-c1ccccc1. The minimum absolute atomic E-state index is 0.860. The molecule has 1 aromatic heterocycles. The number of para-hydroxylation sites is 3. The molecule has 0 spiro atoms. The number of nitrogens with zero attached hydrogens (tertiary/aromatic N) is 3. The highest BCUT2D eigenvalue weighted by molar-refractivity contribution is 5.85. The van der Waals surface area contributed by atoms with Crippen LogP contribution in [0.2, 0.25) is 0 Å². The van der Waals surface area contributed by atoms with E-state index >= 15 is 0 Å². The molecule has 0 atom stereocenters. The van der Waals surface area contributed by atoms with E-state index in [1.165, 1.54) is 5.56 Å². The normalized spacial score (nSPS) is 10.8. The maximum absolute atomic E-state index is 4.93. The molecular formula is C22H19N3. The van der Waals surface area contributed by atoms with Crippen molar-refractivity contribution in [2.24, 2.45) is 0 Å². The van der Waals surface area contributed by atoms with Gasteiger partial charge in [-0.15, -0.1) is 0 Å². The molecule has 122 valence electrons. The molecule has 1 heterocycles. The topological polar surface area (TPSA) is 29.0 Å². The maximum atomic E-state index is 4.93. The molecule has 0 aliphatic heterocycles. The first-order chi connectivity index (χ1) is 12.2. The van der Waals surface area contributed by atoms with Crippen molar-refractivity contribution in [3.8, 4) is 11.3 Å². The van der Waals surface area contributed by atoms with Crippen molar-refractivity contribution >= 4 is 22.5 Å². The van der Waals surface area contributed by atoms with E-state index in [4.69, 9.17) is 9.97 Å². The molecule has 0 aliphatic carbocycles. The van der Waals surface area contributed by atoms with Crippen molar-refractivity contribution in [3.63, 3.8) is 0 Å². The van der Waals surface area contributed by atoms with Gasteiger partial charge in [-0.2, -0.15) is 0 Å². The van der Waals surface area contributed by atoms with Gasteiger partial charge in [0.25, 0.3) is 0 Å². The van der Waals surface area contributed by atoms with E-state index in [1.54, 1.807) is 0 Å². The van der Waals surface area contributed by atoms with E-state index in [1.807, 2.05) is 49.5 Å². The molecule has 0 fully saturated rings. The Labute approximate surface area is 147 Å². The number of anilines is 2. The summed E-state index contributed by atoms with van der Waals surface area (Å²) < 4.78 is 0. The summed E-state index contributed by atoms with van der Waals surface area (Å²) in [4.78, 5) is 12.0. The predicted octanol–water partition coefficient (Wildman–Crippen LogP) is 5.37. The van der Waals surface area contributed by atoms with Crippen LogP contribution in [0.25, 0.3) is 22.3 Å². The summed E-state index contributed by atoms with van der Waals surface area (Å²) in [7, 11) is 2.05. The van der Waals surface area contributed by atoms with Crippen LogP contribution in [0.15, 0.2) is 78.9 Å². The maximum Gasteiger partial charge on any atom is 0.160 e. The Morgan fingerprint density at radius 2 is 1.28 bits per heavy atom. The Hall–Kier alpha value is -3.20. The van der Waals surface area contributed by atoms with Crippen LogP contribution in [0.3, 0.4) is 0 Å². The fourth-order valence-corrected chi connectivity index (χ4v) is 3.07. The van der Waals surface area contributed by atoms with E-state index in [0.29, 0.717) is 0 Å². The van der Waals surface area contributed by atoms with Gasteiger partial charge in [0.15, 0.2) is 5.82 Å². The Kier molecular flexibility index (Phi) is 3.90. The van der Waals surface area contributed by atoms with Gasteiger partial charge in [0.05, 0.1) is 11.0 Å². The summed E-state index contributed by atoms with van der Waals surface area (Å²) in [6.07, 6.45) is 0. The van der Waals surface area contributed by atoms with Gasteiger partial charge in [0.2, 0.25) is 0 Å². The third-order valence-electron chi connectivity index (χ3n) is 4.39. The van der Waals surface area contributed by atoms with Crippen molar-refractivity contribution in [1.29, 1.82) is 0 Å². The molecular weight excluding hydrogens is 306 g/mol. The summed E-state index contributed by atoms with van der Waals surface area (Å²) in [5, 5.41) is 0. The Morgan fingerprint density at radius 1 is 0.680 bits per heavy atom. The second kappa shape index (κ2) is 6.36. The van der Waals surface area contributed by atoms with Gasteiger partial charge in [-0.3, -0.25) is 0 Å². The molecule has 0 N–H and O–H groups in total. The number of fused-ring (bicyclic) bond motifs is 1. The molecule has 3 aromatic carbocycles. The molecule has 3 nitrogen and oxygen atoms in total. The second-order valence-electron chi connectivity index (χ2n) is 6.10. The van der Waals surface area contributed by atoms with Crippen molar-refractivity contribution in [2.75, 3.05) is 11.9 Å². The Bertz CT molecular complexity index is 1030. The van der Waals surface area contributed by atoms with Gasteiger partial charge >= 0.3 is 0 Å². The minimum atomic E-state index is 0.860. The first-order valence-electron chi connectivity index (χ1n) is 8.35. The average molecular weight is 325 g/mol. The molecule has 0 bridgehead atoms. The smallest absolute Gasteiger partial charge is 0.160 e. The summed E-state index contributed by atoms with van der Waals surface area (Å²) in [6, 6.07) is 26.6. The van der Waals surface area contributed by atoms with Crippen LogP contribution in [0.1, 0.15) is 5.56 Å². The zero-order valence-corrected chi connectivity index (χ0v) is 14.3. The number of aryl methyl sites for hydroxylation is 1. The van der Waals surface area contributed by atoms with Gasteiger partial charge in [0, 0.05) is 18.3 Å². The molecule has 4 aromatic rings. The van der Waals surface area contributed by atoms with Crippen LogP contribution >= 0.6 is 0 Å². The van der Waals surface area contributed by atoms with Crippen LogP contribution < -0.4 is 4.90 Å². The summed E-state index contributed by atoms with van der Waals surface area (Å²) in [5.74, 6) is 0.860. The van der Waals surface area contributed by atoms with Crippen LogP contribution in [0, 0.1) is 6.92 Å². The predicted molar refractivity (Wildman–Crippen MR) is 104 cm³/mol. The van der Waals surface area contributed by atoms with Gasteiger partial charge in [-0.25, -0.2) is 9.97 Å². The summed E-state index contributed by atoms with van der Waals surface area (Å²) >= 11 is 0. The largest absolute Gasteiger partial charge is 0.327 e. The van der Waals surface area contributed by atoms with Crippen molar-refractivity contribution < 1.29 is 0 Å². The summed E-state index contributed by atoms with van der Waals surface area (Å²) in [5.41, 5.74) is 6.10. The third kappa shape index (κ3) is 2.85. The highest BCUT2D eigenvalue weighted by atomic mass is 15.2. The van der Waals surface area contributed by atoms with Gasteiger partial charge in [0.1, 0.15) is 5.69 Å². The highest BCUT2D eigenvalue weighted by Gasteiger charge is 2.16. The standard InChI is InChI=1S/C22H19N3/c1-16-10-6-9-15-20(16)25(2)22-21(17-11-4-3-5-12-17)23-18-13-7-8-14-19(18)24-22/h3-15H,1-2H3. The number of aromatic nitrogens is 2. The molecule has 0 saturated heterocycles. The number of hydrogen-bond donors (Lipinski definition) is 0. The Morgan fingerprint density at radius 3 is 2.00 bits per heavy atom. The first kappa shape index (κ1) is 15.3. The van der Waals surface area contributed by atoms with E-state index in [-0.39, 0.29) is 0 Å². The molecule has 0 amide bonds. The fraction of sp³-hybridized carbons (Fsp3) is 0.0909. The number of rotatable bonds is 3. The molecule has 0 radical (unpaired) electrons. The van der Waals surface area contributed by atoms with Gasteiger partial charge < -0.3 is 4.90 Å². The zero-order valence-electron chi connectivity index (χ0n) is 14.3. The quantitative estimate of drug-likeness (QED) is 0.507. The van der Waals surface area contributed by atoms with Crippen molar-refractivity contribution in [1.82, 2.24) is 9.97 Å². The van der Waals surface area contributed by atoms with E-state index in [0.717, 1.165) is 33.8 Å². The van der Waals surface area contributed by atoms with Crippen molar-refractivity contribution in [2.45, 2.75) is 6.92 Å². The fourth-order valence-electron chi connectivity index (χ4n) is 3.07. The van der Waals surface area contributed by atoms with E-state index in [9.17, 15) is 0 Å². The average Bonchev–Trinajstić information content (AvgIpc) is 2.67. The molecule has 0 aliphatic rings. The van der Waals surface area contributed by atoms with E-state index < -0.39 is 0 Å². The lowest BCUT2D eigenvalue weighted by atomic mass is 10.1. The van der Waals surface area contributed by atoms with Crippen LogP contribution in [-0.2, 0) is 0 Å². The lowest BCUT2D eigenvalue weighted by molar-refractivity contribution is 1.11. The lowest BCUT2D eigenvalue weighted by Gasteiger charge is -2.23. The van der Waals surface area contributed by atoms with E-state index in [2.05, 4.69) is 48.2 Å². The number of benzene rings is 3. The minimum Gasteiger partial charge on any atom is -0.327 e. The monoisotopic (exact) mass is 325 g/mol. The molecule has 3 heteroatoms. The third-order valence-corrected chi connectivity index (χ3v) is 4.39. The second-order valence-corrected chi connectivity index (χ2v) is 6.10. The zero-order chi connectivity index (χ0) is 17.2. The molecule has 4 rings (SSSR count). The van der Waals surface area contributed by atoms with Crippen molar-refractivity contribution in [3.05, 3.63) is 84.4 Å². The number of hydrogen-bond acceptors (Lipinski definition) is 3. The molecule has 0 unspecified atom stereocenters. The van der Waals surface area contributed by atoms with Crippen LogP contribution in [-0.4, -0.2) is 17.0 Å². The van der Waals surface area contributed by atoms with Gasteiger partial charge in [-0.1, -0.05) is 60.7 Å². The first-order valence-corrected chi connectivity index (χ1v) is 8.35. The molecule has 0 saturated carbocycles. The Balaban J connectivity index is 1.96. The lowest BCUT2D eigenvalue weighted by Crippen LogP contribution is -2.14.